The molecule has 96 valence electrons. The lowest BCUT2D eigenvalue weighted by Gasteiger charge is -2.08. The van der Waals surface area contributed by atoms with Crippen molar-refractivity contribution in [2.24, 2.45) is 0 Å². The summed E-state index contributed by atoms with van der Waals surface area (Å²) < 4.78 is 19.8. The maximum Gasteiger partial charge on any atom is 0.199 e. The maximum absolute atomic E-state index is 13.8. The first-order valence-corrected chi connectivity index (χ1v) is 6.44. The summed E-state index contributed by atoms with van der Waals surface area (Å²) in [7, 11) is 0. The molecule has 0 aliphatic rings. The van der Waals surface area contributed by atoms with Crippen LogP contribution in [0, 0.1) is 12.7 Å². The van der Waals surface area contributed by atoms with Gasteiger partial charge in [-0.1, -0.05) is 6.92 Å². The Bertz CT molecular complexity index is 556. The predicted octanol–water partition coefficient (Wildman–Crippen LogP) is 3.77. The first-order chi connectivity index (χ1) is 8.63. The van der Waals surface area contributed by atoms with E-state index in [0.29, 0.717) is 23.8 Å². The van der Waals surface area contributed by atoms with Crippen LogP contribution in [0.4, 0.5) is 10.2 Å². The van der Waals surface area contributed by atoms with E-state index < -0.39 is 5.82 Å². The number of furan rings is 1. The van der Waals surface area contributed by atoms with Gasteiger partial charge in [-0.15, -0.1) is 0 Å². The van der Waals surface area contributed by atoms with Gasteiger partial charge in [0.25, 0.3) is 0 Å². The Balaban J connectivity index is 2.44. The van der Waals surface area contributed by atoms with Crippen LogP contribution in [0.15, 0.2) is 21.2 Å². The highest BCUT2D eigenvalue weighted by molar-refractivity contribution is 9.10. The highest BCUT2D eigenvalue weighted by Crippen LogP contribution is 2.28. The van der Waals surface area contributed by atoms with Gasteiger partial charge in [-0.25, -0.2) is 14.4 Å². The average molecular weight is 314 g/mol. The largest absolute Gasteiger partial charge is 0.460 e. The molecule has 0 atom stereocenters. The lowest BCUT2D eigenvalue weighted by Crippen LogP contribution is -2.08. The summed E-state index contributed by atoms with van der Waals surface area (Å²) >= 11 is 3.34. The zero-order chi connectivity index (χ0) is 13.1. The fraction of sp³-hybridized carbons (Fsp3) is 0.333. The van der Waals surface area contributed by atoms with Gasteiger partial charge in [-0.05, 0) is 35.3 Å². The van der Waals surface area contributed by atoms with E-state index in [-0.39, 0.29) is 5.82 Å². The summed E-state index contributed by atoms with van der Waals surface area (Å²) in [5, 5.41) is 2.94. The molecule has 18 heavy (non-hydrogen) atoms. The molecule has 0 unspecified atom stereocenters. The van der Waals surface area contributed by atoms with Crippen LogP contribution in [0.1, 0.15) is 19.0 Å². The van der Waals surface area contributed by atoms with E-state index >= 15 is 0 Å². The van der Waals surface area contributed by atoms with Crippen LogP contribution >= 0.6 is 15.9 Å². The van der Waals surface area contributed by atoms with Crippen LogP contribution < -0.4 is 5.32 Å². The Morgan fingerprint density at radius 3 is 2.83 bits per heavy atom. The average Bonchev–Trinajstić information content (AvgIpc) is 2.77. The number of aryl methyl sites for hydroxylation is 1. The van der Waals surface area contributed by atoms with Gasteiger partial charge in [0, 0.05) is 6.54 Å². The molecule has 2 aromatic rings. The third kappa shape index (κ3) is 2.53. The fourth-order valence-corrected chi connectivity index (χ4v) is 1.85. The summed E-state index contributed by atoms with van der Waals surface area (Å²) in [6, 6.07) is 1.75. The molecule has 0 aliphatic carbocycles. The second-order valence-corrected chi connectivity index (χ2v) is 4.67. The molecule has 0 fully saturated rings. The molecule has 0 spiro atoms. The topological polar surface area (TPSA) is 51.0 Å². The Kier molecular flexibility index (Phi) is 3.96. The number of hydrogen-bond acceptors (Lipinski definition) is 4. The molecule has 2 rings (SSSR count). The normalized spacial score (nSPS) is 10.7. The third-order valence-electron chi connectivity index (χ3n) is 2.38. The molecule has 2 heterocycles. The van der Waals surface area contributed by atoms with Gasteiger partial charge >= 0.3 is 0 Å². The number of hydrogen-bond donors (Lipinski definition) is 1. The molecule has 0 amide bonds. The van der Waals surface area contributed by atoms with E-state index in [2.05, 4.69) is 31.2 Å². The number of aromatic nitrogens is 2. The van der Waals surface area contributed by atoms with Gasteiger partial charge in [-0.2, -0.15) is 0 Å². The van der Waals surface area contributed by atoms with Crippen LogP contribution in [-0.2, 0) is 0 Å². The van der Waals surface area contributed by atoms with Crippen molar-refractivity contribution >= 4 is 21.7 Å². The molecule has 0 bridgehead atoms. The molecule has 0 aromatic carbocycles. The Labute approximate surface area is 113 Å². The molecular formula is C12H13BrFN3O. The van der Waals surface area contributed by atoms with Crippen LogP contribution in [-0.4, -0.2) is 16.5 Å². The van der Waals surface area contributed by atoms with E-state index in [1.165, 1.54) is 6.26 Å². The number of rotatable bonds is 4. The minimum absolute atomic E-state index is 0.211. The first-order valence-electron chi connectivity index (χ1n) is 5.64. The molecule has 0 aliphatic heterocycles. The zero-order valence-corrected chi connectivity index (χ0v) is 11.7. The van der Waals surface area contributed by atoms with Gasteiger partial charge < -0.3 is 9.73 Å². The van der Waals surface area contributed by atoms with Crippen molar-refractivity contribution < 1.29 is 8.81 Å². The Morgan fingerprint density at radius 1 is 1.44 bits per heavy atom. The molecule has 0 saturated heterocycles. The van der Waals surface area contributed by atoms with Gasteiger partial charge in [-0.3, -0.25) is 0 Å². The highest BCUT2D eigenvalue weighted by Gasteiger charge is 2.16. The smallest absolute Gasteiger partial charge is 0.199 e. The van der Waals surface area contributed by atoms with E-state index in [9.17, 15) is 4.39 Å². The molecule has 2 aromatic heterocycles. The molecule has 4 nitrogen and oxygen atoms in total. The summed E-state index contributed by atoms with van der Waals surface area (Å²) in [5.41, 5.74) is 0.293. The van der Waals surface area contributed by atoms with E-state index in [1.807, 2.05) is 6.92 Å². The van der Waals surface area contributed by atoms with Crippen molar-refractivity contribution in [3.05, 3.63) is 28.3 Å². The first kappa shape index (κ1) is 13.0. The van der Waals surface area contributed by atoms with Gasteiger partial charge in [0.15, 0.2) is 23.2 Å². The third-order valence-corrected chi connectivity index (χ3v) is 3.00. The van der Waals surface area contributed by atoms with Crippen molar-refractivity contribution in [2.45, 2.75) is 20.3 Å². The van der Waals surface area contributed by atoms with E-state index in [4.69, 9.17) is 4.42 Å². The van der Waals surface area contributed by atoms with Gasteiger partial charge in [0.05, 0.1) is 16.4 Å². The molecule has 6 heteroatoms. The molecule has 0 saturated carbocycles. The molecule has 0 radical (unpaired) electrons. The Morgan fingerprint density at radius 2 is 2.22 bits per heavy atom. The minimum atomic E-state index is -0.421. The highest BCUT2D eigenvalue weighted by atomic mass is 79.9. The number of nitrogens with one attached hydrogen (secondary N) is 1. The second kappa shape index (κ2) is 5.48. The van der Waals surface area contributed by atoms with E-state index in [0.717, 1.165) is 10.9 Å². The lowest BCUT2D eigenvalue weighted by molar-refractivity contribution is 0.570. The van der Waals surface area contributed by atoms with Gasteiger partial charge in [0.2, 0.25) is 0 Å². The van der Waals surface area contributed by atoms with Gasteiger partial charge in [0.1, 0.15) is 0 Å². The van der Waals surface area contributed by atoms with Crippen LogP contribution in [0.2, 0.25) is 0 Å². The van der Waals surface area contributed by atoms with Crippen molar-refractivity contribution in [2.75, 3.05) is 11.9 Å². The summed E-state index contributed by atoms with van der Waals surface area (Å²) in [6.07, 6.45) is 2.42. The van der Waals surface area contributed by atoms with Crippen LogP contribution in [0.25, 0.3) is 11.6 Å². The van der Waals surface area contributed by atoms with Crippen molar-refractivity contribution in [3.8, 4) is 11.6 Å². The number of nitrogens with zero attached hydrogens (tertiary/aromatic N) is 2. The number of halogens is 2. The zero-order valence-electron chi connectivity index (χ0n) is 10.1. The standard InChI is InChI=1S/C12H13BrFN3O/c1-3-5-15-11-9(14)7(2)16-12(17-11)10-8(13)4-6-18-10/h4,6H,3,5H2,1-2H3,(H,15,16,17). The molecular weight excluding hydrogens is 301 g/mol. The fourth-order valence-electron chi connectivity index (χ4n) is 1.47. The van der Waals surface area contributed by atoms with Crippen LogP contribution in [0.5, 0.6) is 0 Å². The van der Waals surface area contributed by atoms with E-state index in [1.54, 1.807) is 13.0 Å². The summed E-state index contributed by atoms with van der Waals surface area (Å²) in [4.78, 5) is 8.25. The Hall–Kier alpha value is -1.43. The van der Waals surface area contributed by atoms with Crippen LogP contribution in [0.3, 0.4) is 0 Å². The SMILES string of the molecule is CCCNc1nc(-c2occc2Br)nc(C)c1F. The quantitative estimate of drug-likeness (QED) is 0.933. The van der Waals surface area contributed by atoms with Crippen molar-refractivity contribution in [1.29, 1.82) is 0 Å². The minimum Gasteiger partial charge on any atom is -0.460 e. The monoisotopic (exact) mass is 313 g/mol. The number of anilines is 1. The predicted molar refractivity (Wildman–Crippen MR) is 70.9 cm³/mol. The summed E-state index contributed by atoms with van der Waals surface area (Å²) in [6.45, 7) is 4.27. The second-order valence-electron chi connectivity index (χ2n) is 3.82. The van der Waals surface area contributed by atoms with Crippen molar-refractivity contribution in [1.82, 2.24) is 9.97 Å². The van der Waals surface area contributed by atoms with Crippen molar-refractivity contribution in [3.63, 3.8) is 0 Å². The maximum atomic E-state index is 13.8. The summed E-state index contributed by atoms with van der Waals surface area (Å²) in [5.74, 6) is 0.652. The molecule has 1 N–H and O–H groups in total. The lowest BCUT2D eigenvalue weighted by atomic mass is 10.3.